The Hall–Kier alpha value is -4.62. The minimum absolute atomic E-state index is 0.0880. The van der Waals surface area contributed by atoms with Crippen molar-refractivity contribution in [2.75, 3.05) is 23.8 Å². The summed E-state index contributed by atoms with van der Waals surface area (Å²) in [5.41, 5.74) is -0.0997. The summed E-state index contributed by atoms with van der Waals surface area (Å²) in [5.74, 6) is -1.87. The van der Waals surface area contributed by atoms with Crippen LogP contribution in [-0.2, 0) is 9.59 Å². The van der Waals surface area contributed by atoms with Crippen LogP contribution in [0.15, 0.2) is 55.0 Å². The first-order valence-corrected chi connectivity index (χ1v) is 12.3. The van der Waals surface area contributed by atoms with Crippen LogP contribution in [0.5, 0.6) is 17.4 Å². The topological polar surface area (TPSA) is 147 Å². The van der Waals surface area contributed by atoms with Crippen molar-refractivity contribution in [3.63, 3.8) is 0 Å². The zero-order valence-electron chi connectivity index (χ0n) is 21.2. The SMILES string of the molecule is Cc1c(OCC(O)CO)cn2ncnc(Oc3ccc(NC(=O)C4(C(=O)Nc5ccc(F)cc5)CC4)c(F)c3)c12. The summed E-state index contributed by atoms with van der Waals surface area (Å²) in [5, 5.41) is 27.7. The number of fused-ring (bicyclic) bond motifs is 1. The van der Waals surface area contributed by atoms with Crippen LogP contribution in [0.3, 0.4) is 0 Å². The number of aromatic nitrogens is 3. The number of nitrogens with zero attached hydrogens (tertiary/aromatic N) is 3. The number of aliphatic hydroxyl groups excluding tert-OH is 2. The van der Waals surface area contributed by atoms with Crippen LogP contribution >= 0.6 is 0 Å². The lowest BCUT2D eigenvalue weighted by Crippen LogP contribution is -2.35. The van der Waals surface area contributed by atoms with Gasteiger partial charge in [-0.25, -0.2) is 13.3 Å². The van der Waals surface area contributed by atoms with E-state index in [1.807, 2.05) is 0 Å². The monoisotopic (exact) mass is 553 g/mol. The number of carbonyl (C=O) groups excluding carboxylic acids is 2. The van der Waals surface area contributed by atoms with E-state index in [2.05, 4.69) is 20.7 Å². The molecule has 1 unspecified atom stereocenters. The summed E-state index contributed by atoms with van der Waals surface area (Å²) < 4.78 is 40.9. The lowest BCUT2D eigenvalue weighted by atomic mass is 10.0. The molecule has 2 heterocycles. The molecule has 0 aliphatic heterocycles. The van der Waals surface area contributed by atoms with E-state index in [1.54, 1.807) is 13.1 Å². The van der Waals surface area contributed by atoms with Crippen LogP contribution in [0.4, 0.5) is 20.2 Å². The van der Waals surface area contributed by atoms with Crippen LogP contribution in [0, 0.1) is 24.0 Å². The molecule has 40 heavy (non-hydrogen) atoms. The van der Waals surface area contributed by atoms with Gasteiger partial charge in [0.1, 0.15) is 53.1 Å². The maximum atomic E-state index is 15.0. The molecule has 2 aromatic carbocycles. The van der Waals surface area contributed by atoms with E-state index in [9.17, 15) is 23.5 Å². The van der Waals surface area contributed by atoms with Crippen LogP contribution in [-0.4, -0.2) is 55.9 Å². The number of amides is 2. The fraction of sp³-hybridized carbons (Fsp3) is 0.259. The first-order valence-electron chi connectivity index (χ1n) is 12.3. The third-order valence-electron chi connectivity index (χ3n) is 6.51. The molecule has 0 bridgehead atoms. The van der Waals surface area contributed by atoms with Gasteiger partial charge in [0.2, 0.25) is 17.7 Å². The van der Waals surface area contributed by atoms with Crippen LogP contribution in [0.1, 0.15) is 18.4 Å². The van der Waals surface area contributed by atoms with Gasteiger partial charge in [0.15, 0.2) is 0 Å². The fourth-order valence-electron chi connectivity index (χ4n) is 4.04. The van der Waals surface area contributed by atoms with Gasteiger partial charge in [-0.3, -0.25) is 9.59 Å². The Morgan fingerprint density at radius 1 is 1.12 bits per heavy atom. The van der Waals surface area contributed by atoms with Crippen molar-refractivity contribution in [3.05, 3.63) is 72.2 Å². The molecule has 1 saturated carbocycles. The van der Waals surface area contributed by atoms with Crippen LogP contribution in [0.2, 0.25) is 0 Å². The molecule has 0 spiro atoms. The fourth-order valence-corrected chi connectivity index (χ4v) is 4.04. The molecule has 13 heteroatoms. The Bertz CT molecular complexity index is 1570. The Morgan fingerprint density at radius 2 is 1.85 bits per heavy atom. The van der Waals surface area contributed by atoms with Gasteiger partial charge in [0.05, 0.1) is 18.5 Å². The highest BCUT2D eigenvalue weighted by atomic mass is 19.1. The molecular weight excluding hydrogens is 528 g/mol. The number of nitrogens with one attached hydrogen (secondary N) is 2. The van der Waals surface area contributed by atoms with Gasteiger partial charge in [-0.05, 0) is 56.2 Å². The van der Waals surface area contributed by atoms with Crippen molar-refractivity contribution in [1.82, 2.24) is 14.6 Å². The van der Waals surface area contributed by atoms with Crippen molar-refractivity contribution in [3.8, 4) is 17.4 Å². The van der Waals surface area contributed by atoms with Gasteiger partial charge in [-0.1, -0.05) is 0 Å². The number of halogens is 2. The molecule has 0 radical (unpaired) electrons. The minimum atomic E-state index is -1.35. The Kier molecular flexibility index (Phi) is 7.32. The van der Waals surface area contributed by atoms with Crippen molar-refractivity contribution < 1.29 is 38.1 Å². The molecule has 208 valence electrons. The third kappa shape index (κ3) is 5.42. The van der Waals surface area contributed by atoms with Gasteiger partial charge in [-0.15, -0.1) is 0 Å². The number of benzene rings is 2. The first-order chi connectivity index (χ1) is 19.2. The number of ether oxygens (including phenoxy) is 2. The Balaban J connectivity index is 1.28. The first kappa shape index (κ1) is 27.0. The number of aryl methyl sites for hydroxylation is 1. The average molecular weight is 554 g/mol. The number of anilines is 2. The summed E-state index contributed by atoms with van der Waals surface area (Å²) in [6.45, 7) is 1.14. The second-order valence-corrected chi connectivity index (χ2v) is 9.37. The quantitative estimate of drug-likeness (QED) is 0.219. The lowest BCUT2D eigenvalue weighted by molar-refractivity contribution is -0.131. The number of hydrogen-bond donors (Lipinski definition) is 4. The van der Waals surface area contributed by atoms with Crippen LogP contribution < -0.4 is 20.1 Å². The highest BCUT2D eigenvalue weighted by molar-refractivity contribution is 6.16. The summed E-state index contributed by atoms with van der Waals surface area (Å²) in [4.78, 5) is 29.8. The lowest BCUT2D eigenvalue weighted by Gasteiger charge is -2.16. The summed E-state index contributed by atoms with van der Waals surface area (Å²) in [6, 6.07) is 8.96. The normalized spacial score (nSPS) is 14.4. The molecule has 1 atom stereocenters. The Labute approximate surface area is 226 Å². The molecule has 4 aromatic rings. The highest BCUT2D eigenvalue weighted by Gasteiger charge is 2.56. The van der Waals surface area contributed by atoms with E-state index in [0.717, 1.165) is 6.07 Å². The summed E-state index contributed by atoms with van der Waals surface area (Å²) >= 11 is 0. The van der Waals surface area contributed by atoms with Gasteiger partial charge < -0.3 is 30.3 Å². The molecule has 1 aliphatic rings. The molecular formula is C27H25F2N5O6. The molecule has 1 aliphatic carbocycles. The maximum Gasteiger partial charge on any atom is 0.247 e. The standard InChI is InChI=1S/C27H25F2N5O6/c1-15-22(39-13-18(36)12-35)11-34-23(15)24(30-14-31-34)40-19-6-7-21(20(29)10-19)33-26(38)27(8-9-27)25(37)32-17-4-2-16(28)3-5-17/h2-7,10-11,14,18,35-36H,8-9,12-13H2,1H3,(H,32,37)(H,33,38). The van der Waals surface area contributed by atoms with E-state index >= 15 is 0 Å². The van der Waals surface area contributed by atoms with Crippen LogP contribution in [0.25, 0.3) is 5.52 Å². The number of hydrogen-bond acceptors (Lipinski definition) is 8. The second-order valence-electron chi connectivity index (χ2n) is 9.37. The molecule has 1 fully saturated rings. The van der Waals surface area contributed by atoms with E-state index in [0.29, 0.717) is 35.4 Å². The van der Waals surface area contributed by atoms with Gasteiger partial charge in [0.25, 0.3) is 0 Å². The van der Waals surface area contributed by atoms with E-state index < -0.39 is 41.6 Å². The van der Waals surface area contributed by atoms with Gasteiger partial charge in [0, 0.05) is 17.3 Å². The van der Waals surface area contributed by atoms with E-state index in [-0.39, 0.29) is 23.9 Å². The predicted molar refractivity (Wildman–Crippen MR) is 138 cm³/mol. The van der Waals surface area contributed by atoms with E-state index in [4.69, 9.17) is 14.6 Å². The second kappa shape index (κ2) is 10.9. The summed E-state index contributed by atoms with van der Waals surface area (Å²) in [7, 11) is 0. The number of rotatable bonds is 10. The highest BCUT2D eigenvalue weighted by Crippen LogP contribution is 2.47. The average Bonchev–Trinajstić information content (AvgIpc) is 3.69. The molecule has 0 saturated heterocycles. The smallest absolute Gasteiger partial charge is 0.247 e. The van der Waals surface area contributed by atoms with Crippen molar-refractivity contribution >= 4 is 28.7 Å². The largest absolute Gasteiger partial charge is 0.489 e. The molecule has 11 nitrogen and oxygen atoms in total. The van der Waals surface area contributed by atoms with Crippen molar-refractivity contribution in [1.29, 1.82) is 0 Å². The van der Waals surface area contributed by atoms with Crippen molar-refractivity contribution in [2.45, 2.75) is 25.9 Å². The number of carbonyl (C=O) groups is 2. The maximum absolute atomic E-state index is 15.0. The summed E-state index contributed by atoms with van der Waals surface area (Å²) in [6.07, 6.45) is 2.33. The minimum Gasteiger partial charge on any atom is -0.489 e. The third-order valence-corrected chi connectivity index (χ3v) is 6.51. The zero-order valence-corrected chi connectivity index (χ0v) is 21.2. The van der Waals surface area contributed by atoms with Gasteiger partial charge in [-0.2, -0.15) is 10.1 Å². The zero-order chi connectivity index (χ0) is 28.4. The molecule has 4 N–H and O–H groups in total. The molecule has 5 rings (SSSR count). The van der Waals surface area contributed by atoms with E-state index in [1.165, 1.54) is 47.2 Å². The molecule has 2 aromatic heterocycles. The molecule has 2 amide bonds. The van der Waals surface area contributed by atoms with Crippen molar-refractivity contribution in [2.24, 2.45) is 5.41 Å². The number of aliphatic hydroxyl groups is 2. The Morgan fingerprint density at radius 3 is 2.52 bits per heavy atom. The van der Waals surface area contributed by atoms with Gasteiger partial charge >= 0.3 is 0 Å². The predicted octanol–water partition coefficient (Wildman–Crippen LogP) is 3.20.